The van der Waals surface area contributed by atoms with Crippen molar-refractivity contribution < 1.29 is 18.7 Å². The lowest BCUT2D eigenvalue weighted by molar-refractivity contribution is -0.139. The Bertz CT molecular complexity index is 1890. The zero-order chi connectivity index (χ0) is 29.1. The van der Waals surface area contributed by atoms with E-state index in [1.165, 1.54) is 16.7 Å². The Morgan fingerprint density at radius 3 is 2.59 bits per heavy atom. The number of thiazole rings is 1. The Morgan fingerprint density at radius 2 is 1.90 bits per heavy atom. The molecule has 5 rings (SSSR count). The minimum atomic E-state index is -0.848. The quantitative estimate of drug-likeness (QED) is 0.282. The maximum absolute atomic E-state index is 13.9. The molecule has 1 aliphatic rings. The molecule has 0 fully saturated rings. The Hall–Kier alpha value is -4.52. The molecule has 0 spiro atoms. The number of hydrogen-bond acceptors (Lipinski definition) is 7. The van der Waals surface area contributed by atoms with Crippen molar-refractivity contribution in [2.45, 2.75) is 26.5 Å². The van der Waals surface area contributed by atoms with E-state index in [-0.39, 0.29) is 24.3 Å². The molecule has 1 aliphatic heterocycles. The van der Waals surface area contributed by atoms with Gasteiger partial charge in [-0.15, -0.1) is 0 Å². The number of nitrogens with zero attached hydrogens (tertiary/aromatic N) is 3. The van der Waals surface area contributed by atoms with Gasteiger partial charge in [0.25, 0.3) is 5.56 Å². The first-order valence-corrected chi connectivity index (χ1v) is 13.8. The van der Waals surface area contributed by atoms with Crippen molar-refractivity contribution in [2.24, 2.45) is 4.99 Å². The summed E-state index contributed by atoms with van der Waals surface area (Å²) in [6.07, 6.45) is 1.68. The SMILES string of the molecule is CCOC(=O)C1=C(C)N=c2s/c(=C\c3cc(Cl)ccc3OCc3ccc(C#N)cc3)c(=O)n2[C@@H]1c1ccc(F)cc1. The first-order valence-electron chi connectivity index (χ1n) is 12.7. The highest BCUT2D eigenvalue weighted by Gasteiger charge is 2.33. The molecule has 10 heteroatoms. The van der Waals surface area contributed by atoms with Crippen LogP contribution in [0.4, 0.5) is 4.39 Å². The molecule has 2 heterocycles. The van der Waals surface area contributed by atoms with E-state index < -0.39 is 17.8 Å². The lowest BCUT2D eigenvalue weighted by Gasteiger charge is -2.24. The molecule has 0 N–H and O–H groups in total. The molecule has 41 heavy (non-hydrogen) atoms. The first kappa shape index (κ1) is 28.0. The van der Waals surface area contributed by atoms with Gasteiger partial charge in [0.1, 0.15) is 18.2 Å². The molecule has 4 aromatic rings. The summed E-state index contributed by atoms with van der Waals surface area (Å²) in [4.78, 5) is 31.8. The van der Waals surface area contributed by atoms with E-state index in [9.17, 15) is 14.0 Å². The number of ether oxygens (including phenoxy) is 2. The van der Waals surface area contributed by atoms with Crippen molar-refractivity contribution in [1.29, 1.82) is 5.26 Å². The minimum absolute atomic E-state index is 0.149. The van der Waals surface area contributed by atoms with Crippen LogP contribution in [0.25, 0.3) is 6.08 Å². The predicted octanol–water partition coefficient (Wildman–Crippen LogP) is 5.04. The molecule has 0 saturated heterocycles. The van der Waals surface area contributed by atoms with Gasteiger partial charge in [0, 0.05) is 10.6 Å². The second kappa shape index (κ2) is 11.9. The molecule has 206 valence electrons. The van der Waals surface area contributed by atoms with E-state index in [0.29, 0.717) is 42.5 Å². The van der Waals surface area contributed by atoms with Gasteiger partial charge in [-0.25, -0.2) is 14.2 Å². The summed E-state index contributed by atoms with van der Waals surface area (Å²) in [5.74, 6) is -0.525. The molecule has 0 unspecified atom stereocenters. The standard InChI is InChI=1S/C31H23ClFN3O4S/c1-3-39-30(38)27-18(2)35-31-36(28(27)21-8-11-24(33)12-9-21)29(37)26(41-31)15-22-14-23(32)10-13-25(22)40-17-20-6-4-19(16-34)5-7-20/h4-15,28H,3,17H2,1-2H3/b26-15-/t28-/m1/s1. The zero-order valence-corrected chi connectivity index (χ0v) is 23.6. The van der Waals surface area contributed by atoms with Crippen LogP contribution in [0.2, 0.25) is 5.02 Å². The molecule has 1 atom stereocenters. The van der Waals surface area contributed by atoms with Crippen molar-refractivity contribution in [3.8, 4) is 11.8 Å². The van der Waals surface area contributed by atoms with Crippen LogP contribution in [0.15, 0.2) is 87.8 Å². The van der Waals surface area contributed by atoms with Gasteiger partial charge in [-0.3, -0.25) is 9.36 Å². The average Bonchev–Trinajstić information content (AvgIpc) is 3.26. The van der Waals surface area contributed by atoms with E-state index >= 15 is 0 Å². The highest BCUT2D eigenvalue weighted by Crippen LogP contribution is 2.31. The first-order chi connectivity index (χ1) is 19.8. The number of allylic oxidation sites excluding steroid dienone is 1. The van der Waals surface area contributed by atoms with Gasteiger partial charge in [-0.2, -0.15) is 5.26 Å². The summed E-state index contributed by atoms with van der Waals surface area (Å²) in [7, 11) is 0. The maximum atomic E-state index is 13.9. The Morgan fingerprint density at radius 1 is 1.17 bits per heavy atom. The molecular weight excluding hydrogens is 565 g/mol. The monoisotopic (exact) mass is 587 g/mol. The largest absolute Gasteiger partial charge is 0.488 e. The number of carbonyl (C=O) groups is 1. The van der Waals surface area contributed by atoms with Gasteiger partial charge in [0.2, 0.25) is 0 Å². The van der Waals surface area contributed by atoms with Crippen molar-refractivity contribution >= 4 is 35.0 Å². The third kappa shape index (κ3) is 5.85. The van der Waals surface area contributed by atoms with Crippen LogP contribution in [-0.2, 0) is 16.1 Å². The lowest BCUT2D eigenvalue weighted by Crippen LogP contribution is -2.39. The molecule has 3 aromatic carbocycles. The van der Waals surface area contributed by atoms with Crippen LogP contribution in [0.1, 0.15) is 42.1 Å². The zero-order valence-electron chi connectivity index (χ0n) is 22.1. The molecule has 0 amide bonds. The fraction of sp³-hybridized carbons (Fsp3) is 0.161. The van der Waals surface area contributed by atoms with Crippen molar-refractivity contribution in [1.82, 2.24) is 4.57 Å². The molecule has 0 saturated carbocycles. The Balaban J connectivity index is 1.59. The van der Waals surface area contributed by atoms with Crippen LogP contribution in [0.5, 0.6) is 5.75 Å². The number of nitriles is 1. The number of hydrogen-bond donors (Lipinski definition) is 0. The Labute approximate surface area is 243 Å². The van der Waals surface area contributed by atoms with E-state index in [0.717, 1.165) is 16.9 Å². The highest BCUT2D eigenvalue weighted by molar-refractivity contribution is 7.07. The fourth-order valence-electron chi connectivity index (χ4n) is 4.49. The number of aromatic nitrogens is 1. The topological polar surface area (TPSA) is 93.7 Å². The van der Waals surface area contributed by atoms with Gasteiger partial charge in [0.15, 0.2) is 4.80 Å². The van der Waals surface area contributed by atoms with E-state index in [1.807, 2.05) is 12.1 Å². The summed E-state index contributed by atoms with van der Waals surface area (Å²) in [5.41, 5.74) is 2.80. The van der Waals surface area contributed by atoms with Gasteiger partial charge in [-0.1, -0.05) is 47.2 Å². The van der Waals surface area contributed by atoms with Crippen molar-refractivity contribution in [3.63, 3.8) is 0 Å². The van der Waals surface area contributed by atoms with Gasteiger partial charge < -0.3 is 9.47 Å². The van der Waals surface area contributed by atoms with E-state index in [2.05, 4.69) is 11.1 Å². The molecule has 7 nitrogen and oxygen atoms in total. The summed E-state index contributed by atoms with van der Waals surface area (Å²) < 4.78 is 26.9. The van der Waals surface area contributed by atoms with E-state index in [1.54, 1.807) is 62.4 Å². The molecular formula is C31H23ClFN3O4S. The normalized spacial score (nSPS) is 14.7. The van der Waals surface area contributed by atoms with Crippen LogP contribution < -0.4 is 19.6 Å². The van der Waals surface area contributed by atoms with Gasteiger partial charge >= 0.3 is 5.97 Å². The smallest absolute Gasteiger partial charge is 0.338 e. The average molecular weight is 588 g/mol. The summed E-state index contributed by atoms with van der Waals surface area (Å²) in [5, 5.41) is 9.48. The van der Waals surface area contributed by atoms with Crippen LogP contribution >= 0.6 is 22.9 Å². The molecule has 0 aliphatic carbocycles. The number of halogens is 2. The van der Waals surface area contributed by atoms with Gasteiger partial charge in [-0.05, 0) is 73.5 Å². The second-order valence-electron chi connectivity index (χ2n) is 9.13. The summed E-state index contributed by atoms with van der Waals surface area (Å²) in [6, 6.07) is 19.1. The van der Waals surface area contributed by atoms with E-state index in [4.69, 9.17) is 26.3 Å². The number of benzene rings is 3. The molecule has 0 bridgehead atoms. The number of rotatable bonds is 7. The Kier molecular flexibility index (Phi) is 8.15. The number of carbonyl (C=O) groups excluding carboxylic acids is 1. The predicted molar refractivity (Wildman–Crippen MR) is 154 cm³/mol. The number of fused-ring (bicyclic) bond motifs is 1. The third-order valence-electron chi connectivity index (χ3n) is 6.44. The van der Waals surface area contributed by atoms with Crippen LogP contribution in [-0.4, -0.2) is 17.1 Å². The summed E-state index contributed by atoms with van der Waals surface area (Å²) >= 11 is 7.46. The lowest BCUT2D eigenvalue weighted by atomic mass is 9.96. The van der Waals surface area contributed by atoms with Crippen molar-refractivity contribution in [2.75, 3.05) is 6.61 Å². The minimum Gasteiger partial charge on any atom is -0.488 e. The fourth-order valence-corrected chi connectivity index (χ4v) is 5.71. The van der Waals surface area contributed by atoms with Crippen molar-refractivity contribution in [3.05, 3.63) is 131 Å². The second-order valence-corrected chi connectivity index (χ2v) is 10.6. The molecule has 1 aromatic heterocycles. The highest BCUT2D eigenvalue weighted by atomic mass is 35.5. The maximum Gasteiger partial charge on any atom is 0.338 e. The summed E-state index contributed by atoms with van der Waals surface area (Å²) in [6.45, 7) is 3.77. The molecule has 0 radical (unpaired) electrons. The number of esters is 1. The van der Waals surface area contributed by atoms with Crippen LogP contribution in [0, 0.1) is 17.1 Å². The van der Waals surface area contributed by atoms with Gasteiger partial charge in [0.05, 0.1) is 40.1 Å². The van der Waals surface area contributed by atoms with Crippen LogP contribution in [0.3, 0.4) is 0 Å². The third-order valence-corrected chi connectivity index (χ3v) is 7.66.